The molecular formula is C13H19ClFNO3S. The summed E-state index contributed by atoms with van der Waals surface area (Å²) in [5, 5.41) is 9.10. The number of sulfonamides is 1. The van der Waals surface area contributed by atoms with Gasteiger partial charge in [-0.25, -0.2) is 17.5 Å². The molecule has 1 rings (SSSR count). The number of hydrogen-bond donors (Lipinski definition) is 2. The lowest BCUT2D eigenvalue weighted by molar-refractivity contribution is 0.274. The highest BCUT2D eigenvalue weighted by atomic mass is 35.5. The van der Waals surface area contributed by atoms with E-state index in [1.807, 2.05) is 13.8 Å². The van der Waals surface area contributed by atoms with Crippen molar-refractivity contribution in [3.8, 4) is 0 Å². The first kappa shape index (κ1) is 17.4. The first-order valence-electron chi connectivity index (χ1n) is 6.32. The Balaban J connectivity index is 3.33. The van der Waals surface area contributed by atoms with Crippen molar-refractivity contribution in [3.63, 3.8) is 0 Å². The van der Waals surface area contributed by atoms with Crippen LogP contribution in [-0.2, 0) is 16.6 Å². The second-order valence-corrected chi connectivity index (χ2v) is 7.00. The quantitative estimate of drug-likeness (QED) is 0.846. The lowest BCUT2D eigenvalue weighted by Crippen LogP contribution is -2.45. The zero-order chi connectivity index (χ0) is 15.6. The minimum Gasteiger partial charge on any atom is -0.392 e. The van der Waals surface area contributed by atoms with Gasteiger partial charge in [-0.2, -0.15) is 0 Å². The van der Waals surface area contributed by atoms with Gasteiger partial charge in [0.1, 0.15) is 10.7 Å². The van der Waals surface area contributed by atoms with Crippen molar-refractivity contribution in [3.05, 3.63) is 28.5 Å². The van der Waals surface area contributed by atoms with E-state index >= 15 is 0 Å². The van der Waals surface area contributed by atoms with Gasteiger partial charge in [-0.3, -0.25) is 0 Å². The number of benzene rings is 1. The van der Waals surface area contributed by atoms with Gasteiger partial charge in [-0.05, 0) is 31.9 Å². The number of halogens is 2. The van der Waals surface area contributed by atoms with Crippen molar-refractivity contribution < 1.29 is 17.9 Å². The predicted octanol–water partition coefficient (Wildman–Crippen LogP) is 2.83. The number of aliphatic hydroxyl groups is 1. The zero-order valence-electron chi connectivity index (χ0n) is 11.7. The van der Waals surface area contributed by atoms with Crippen LogP contribution in [0.3, 0.4) is 0 Å². The summed E-state index contributed by atoms with van der Waals surface area (Å²) in [7, 11) is -4.05. The molecule has 0 aliphatic carbocycles. The molecule has 0 aliphatic heterocycles. The third-order valence-corrected chi connectivity index (χ3v) is 5.34. The number of rotatable bonds is 6. The molecule has 0 radical (unpaired) electrons. The molecule has 1 aromatic rings. The fourth-order valence-electron chi connectivity index (χ4n) is 1.70. The molecule has 0 fully saturated rings. The minimum atomic E-state index is -4.05. The Kier molecular flexibility index (Phi) is 5.54. The maximum absolute atomic E-state index is 14.1. The van der Waals surface area contributed by atoms with Crippen LogP contribution in [0, 0.1) is 5.82 Å². The Morgan fingerprint density at radius 1 is 1.35 bits per heavy atom. The topological polar surface area (TPSA) is 66.4 Å². The molecule has 0 unspecified atom stereocenters. The average molecular weight is 324 g/mol. The molecule has 1 aromatic carbocycles. The summed E-state index contributed by atoms with van der Waals surface area (Å²) in [4.78, 5) is -0.540. The van der Waals surface area contributed by atoms with E-state index in [-0.39, 0.29) is 10.6 Å². The van der Waals surface area contributed by atoms with Crippen LogP contribution in [0.4, 0.5) is 4.39 Å². The SMILES string of the molecule is CCC(C)(CC)NS(=O)(=O)c1cc(Cl)cc(CO)c1F. The monoisotopic (exact) mass is 323 g/mol. The smallest absolute Gasteiger partial charge is 0.244 e. The van der Waals surface area contributed by atoms with Crippen molar-refractivity contribution in [1.29, 1.82) is 0 Å². The molecule has 0 spiro atoms. The zero-order valence-corrected chi connectivity index (χ0v) is 13.3. The lowest BCUT2D eigenvalue weighted by Gasteiger charge is -2.28. The van der Waals surface area contributed by atoms with Gasteiger partial charge in [-0.1, -0.05) is 25.4 Å². The molecule has 0 amide bonds. The fourth-order valence-corrected chi connectivity index (χ4v) is 3.70. The van der Waals surface area contributed by atoms with Crippen LogP contribution in [0.25, 0.3) is 0 Å². The molecule has 0 bridgehead atoms. The third-order valence-electron chi connectivity index (χ3n) is 3.48. The van der Waals surface area contributed by atoms with Crippen LogP contribution < -0.4 is 4.72 Å². The molecule has 4 nitrogen and oxygen atoms in total. The number of hydrogen-bond acceptors (Lipinski definition) is 3. The Morgan fingerprint density at radius 2 is 1.90 bits per heavy atom. The normalized spacial score (nSPS) is 12.7. The predicted molar refractivity (Wildman–Crippen MR) is 76.6 cm³/mol. The van der Waals surface area contributed by atoms with Gasteiger partial charge in [0.15, 0.2) is 0 Å². The summed E-state index contributed by atoms with van der Waals surface area (Å²) in [5.41, 5.74) is -0.806. The second-order valence-electron chi connectivity index (χ2n) is 4.91. The van der Waals surface area contributed by atoms with Crippen LogP contribution in [0.2, 0.25) is 5.02 Å². The molecule has 0 aromatic heterocycles. The summed E-state index contributed by atoms with van der Waals surface area (Å²) in [5.74, 6) is -0.973. The van der Waals surface area contributed by atoms with Crippen LogP contribution in [0.5, 0.6) is 0 Å². The highest BCUT2D eigenvalue weighted by molar-refractivity contribution is 7.89. The van der Waals surface area contributed by atoms with E-state index < -0.39 is 32.9 Å². The summed E-state index contributed by atoms with van der Waals surface area (Å²) < 4.78 is 41.2. The van der Waals surface area contributed by atoms with Crippen molar-refractivity contribution in [2.24, 2.45) is 0 Å². The number of aliphatic hydroxyl groups excluding tert-OH is 1. The van der Waals surface area contributed by atoms with Gasteiger partial charge in [0.2, 0.25) is 10.0 Å². The number of nitrogens with one attached hydrogen (secondary N) is 1. The fraction of sp³-hybridized carbons (Fsp3) is 0.538. The Bertz CT molecular complexity index is 586. The van der Waals surface area contributed by atoms with E-state index in [0.29, 0.717) is 12.8 Å². The van der Waals surface area contributed by atoms with E-state index in [1.165, 1.54) is 6.07 Å². The first-order valence-corrected chi connectivity index (χ1v) is 8.18. The molecule has 0 heterocycles. The van der Waals surface area contributed by atoms with Gasteiger partial charge in [0, 0.05) is 16.1 Å². The molecule has 0 saturated heterocycles. The molecule has 7 heteroatoms. The summed E-state index contributed by atoms with van der Waals surface area (Å²) >= 11 is 5.78. The van der Waals surface area contributed by atoms with Gasteiger partial charge in [-0.15, -0.1) is 0 Å². The van der Waals surface area contributed by atoms with E-state index in [4.69, 9.17) is 16.7 Å². The van der Waals surface area contributed by atoms with Crippen molar-refractivity contribution in [2.45, 2.75) is 50.7 Å². The van der Waals surface area contributed by atoms with E-state index in [1.54, 1.807) is 6.92 Å². The maximum Gasteiger partial charge on any atom is 0.244 e. The van der Waals surface area contributed by atoms with Gasteiger partial charge in [0.05, 0.1) is 6.61 Å². The van der Waals surface area contributed by atoms with E-state index in [9.17, 15) is 12.8 Å². The largest absolute Gasteiger partial charge is 0.392 e. The Labute approximate surface area is 124 Å². The molecule has 0 saturated carbocycles. The molecule has 114 valence electrons. The van der Waals surface area contributed by atoms with Crippen LogP contribution >= 0.6 is 11.6 Å². The first-order chi connectivity index (χ1) is 9.19. The van der Waals surface area contributed by atoms with Crippen molar-refractivity contribution >= 4 is 21.6 Å². The maximum atomic E-state index is 14.1. The molecule has 0 atom stereocenters. The van der Waals surface area contributed by atoms with Crippen LogP contribution in [0.1, 0.15) is 39.2 Å². The van der Waals surface area contributed by atoms with Crippen LogP contribution in [-0.4, -0.2) is 19.1 Å². The molecule has 20 heavy (non-hydrogen) atoms. The van der Waals surface area contributed by atoms with Gasteiger partial charge in [0.25, 0.3) is 0 Å². The van der Waals surface area contributed by atoms with Gasteiger partial charge >= 0.3 is 0 Å². The molecule has 0 aliphatic rings. The standard InChI is InChI=1S/C13H19ClFNO3S/c1-4-13(3,5-2)16-20(18,19)11-7-10(14)6-9(8-17)12(11)15/h6-7,16-17H,4-5,8H2,1-3H3. The van der Waals surface area contributed by atoms with Crippen molar-refractivity contribution in [1.82, 2.24) is 4.72 Å². The molecular weight excluding hydrogens is 305 g/mol. The molecule has 2 N–H and O–H groups in total. The highest BCUT2D eigenvalue weighted by Gasteiger charge is 2.30. The third kappa shape index (κ3) is 3.69. The van der Waals surface area contributed by atoms with E-state index in [2.05, 4.69) is 4.72 Å². The van der Waals surface area contributed by atoms with E-state index in [0.717, 1.165) is 6.07 Å². The Hall–Kier alpha value is -0.690. The van der Waals surface area contributed by atoms with Gasteiger partial charge < -0.3 is 5.11 Å². The summed E-state index contributed by atoms with van der Waals surface area (Å²) in [6.07, 6.45) is 1.13. The Morgan fingerprint density at radius 3 is 2.35 bits per heavy atom. The average Bonchev–Trinajstić information content (AvgIpc) is 2.40. The lowest BCUT2D eigenvalue weighted by atomic mass is 9.98. The minimum absolute atomic E-state index is 0.0607. The summed E-state index contributed by atoms with van der Waals surface area (Å²) in [6, 6.07) is 2.25. The van der Waals surface area contributed by atoms with Crippen LogP contribution in [0.15, 0.2) is 17.0 Å². The second kappa shape index (κ2) is 6.39. The summed E-state index contributed by atoms with van der Waals surface area (Å²) in [6.45, 7) is 4.83. The highest BCUT2D eigenvalue weighted by Crippen LogP contribution is 2.26. The van der Waals surface area contributed by atoms with Crippen molar-refractivity contribution in [2.75, 3.05) is 0 Å².